The van der Waals surface area contributed by atoms with Gasteiger partial charge in [0.25, 0.3) is 5.56 Å². The Balaban J connectivity index is 1.45. The summed E-state index contributed by atoms with van der Waals surface area (Å²) in [6, 6.07) is 19.9. The summed E-state index contributed by atoms with van der Waals surface area (Å²) >= 11 is 0. The van der Waals surface area contributed by atoms with Crippen LogP contribution in [0.5, 0.6) is 0 Å². The summed E-state index contributed by atoms with van der Waals surface area (Å²) in [5.41, 5.74) is 2.62. The number of aromatic amines is 1. The Morgan fingerprint density at radius 2 is 1.82 bits per heavy atom. The SMILES string of the molecule is CCN(CCNC(=O)CCc1cc2ccccc2[nH]c1=O)Cc1ccccc1. The van der Waals surface area contributed by atoms with E-state index in [9.17, 15) is 9.59 Å². The molecule has 0 unspecified atom stereocenters. The van der Waals surface area contributed by atoms with Crippen molar-refractivity contribution >= 4 is 16.8 Å². The molecule has 0 radical (unpaired) electrons. The Labute approximate surface area is 165 Å². The second-order valence-corrected chi connectivity index (χ2v) is 6.92. The third-order valence-electron chi connectivity index (χ3n) is 4.90. The molecule has 1 amide bonds. The lowest BCUT2D eigenvalue weighted by molar-refractivity contribution is -0.121. The number of rotatable bonds is 9. The maximum atomic E-state index is 12.2. The van der Waals surface area contributed by atoms with E-state index in [0.29, 0.717) is 24.9 Å². The molecule has 146 valence electrons. The van der Waals surface area contributed by atoms with E-state index in [0.717, 1.165) is 30.5 Å². The number of hydrogen-bond donors (Lipinski definition) is 2. The minimum Gasteiger partial charge on any atom is -0.355 e. The molecular weight excluding hydrogens is 350 g/mol. The molecule has 3 rings (SSSR count). The molecule has 1 aromatic heterocycles. The third-order valence-corrected chi connectivity index (χ3v) is 4.90. The summed E-state index contributed by atoms with van der Waals surface area (Å²) in [6.07, 6.45) is 0.750. The van der Waals surface area contributed by atoms with Crippen LogP contribution in [0.1, 0.15) is 24.5 Å². The standard InChI is InChI=1S/C23H27N3O2/c1-2-26(17-18-8-4-3-5-9-18)15-14-24-22(27)13-12-20-16-19-10-6-7-11-21(19)25-23(20)28/h3-11,16H,2,12-15,17H2,1H3,(H,24,27)(H,25,28). The number of fused-ring (bicyclic) bond motifs is 1. The lowest BCUT2D eigenvalue weighted by Gasteiger charge is -2.20. The Hall–Kier alpha value is -2.92. The van der Waals surface area contributed by atoms with Crippen molar-refractivity contribution in [3.63, 3.8) is 0 Å². The van der Waals surface area contributed by atoms with Gasteiger partial charge in [-0.05, 0) is 36.0 Å². The van der Waals surface area contributed by atoms with Crippen LogP contribution in [0.3, 0.4) is 0 Å². The van der Waals surface area contributed by atoms with E-state index in [4.69, 9.17) is 0 Å². The Kier molecular flexibility index (Phi) is 6.98. The van der Waals surface area contributed by atoms with E-state index in [1.54, 1.807) is 0 Å². The van der Waals surface area contributed by atoms with Crippen LogP contribution in [0, 0.1) is 0 Å². The highest BCUT2D eigenvalue weighted by molar-refractivity contribution is 5.79. The average Bonchev–Trinajstić information content (AvgIpc) is 2.72. The number of para-hydroxylation sites is 1. The smallest absolute Gasteiger partial charge is 0.251 e. The zero-order valence-corrected chi connectivity index (χ0v) is 16.3. The van der Waals surface area contributed by atoms with E-state index >= 15 is 0 Å². The molecule has 0 aliphatic heterocycles. The van der Waals surface area contributed by atoms with Crippen molar-refractivity contribution in [1.82, 2.24) is 15.2 Å². The first-order valence-corrected chi connectivity index (χ1v) is 9.79. The van der Waals surface area contributed by atoms with Gasteiger partial charge in [-0.3, -0.25) is 14.5 Å². The highest BCUT2D eigenvalue weighted by Crippen LogP contribution is 2.11. The van der Waals surface area contributed by atoms with Crippen LogP contribution >= 0.6 is 0 Å². The molecule has 5 heteroatoms. The van der Waals surface area contributed by atoms with Gasteiger partial charge in [-0.1, -0.05) is 55.5 Å². The van der Waals surface area contributed by atoms with Crippen molar-refractivity contribution in [3.8, 4) is 0 Å². The monoisotopic (exact) mass is 377 g/mol. The molecule has 5 nitrogen and oxygen atoms in total. The van der Waals surface area contributed by atoms with Crippen molar-refractivity contribution in [3.05, 3.63) is 82.1 Å². The quantitative estimate of drug-likeness (QED) is 0.602. The van der Waals surface area contributed by atoms with Crippen LogP contribution in [0.25, 0.3) is 10.9 Å². The van der Waals surface area contributed by atoms with Gasteiger partial charge in [-0.15, -0.1) is 0 Å². The van der Waals surface area contributed by atoms with Crippen LogP contribution < -0.4 is 10.9 Å². The maximum Gasteiger partial charge on any atom is 0.251 e. The first-order valence-electron chi connectivity index (χ1n) is 9.79. The zero-order valence-electron chi connectivity index (χ0n) is 16.3. The van der Waals surface area contributed by atoms with Gasteiger partial charge in [0.1, 0.15) is 0 Å². The maximum absolute atomic E-state index is 12.2. The van der Waals surface area contributed by atoms with Gasteiger partial charge in [0, 0.05) is 37.1 Å². The second kappa shape index (κ2) is 9.85. The second-order valence-electron chi connectivity index (χ2n) is 6.92. The number of nitrogens with one attached hydrogen (secondary N) is 2. The molecule has 2 aromatic carbocycles. The molecule has 28 heavy (non-hydrogen) atoms. The number of carbonyl (C=O) groups is 1. The summed E-state index contributed by atoms with van der Waals surface area (Å²) in [5.74, 6) is -0.0247. The lowest BCUT2D eigenvalue weighted by Crippen LogP contribution is -2.34. The van der Waals surface area contributed by atoms with Crippen molar-refractivity contribution in [2.75, 3.05) is 19.6 Å². The Morgan fingerprint density at radius 1 is 1.07 bits per heavy atom. The fourth-order valence-corrected chi connectivity index (χ4v) is 3.26. The summed E-state index contributed by atoms with van der Waals surface area (Å²) < 4.78 is 0. The van der Waals surface area contributed by atoms with Crippen LogP contribution in [0.2, 0.25) is 0 Å². The number of likely N-dealkylation sites (N-methyl/N-ethyl adjacent to an activating group) is 1. The molecule has 3 aromatic rings. The van der Waals surface area contributed by atoms with Crippen LogP contribution in [-0.4, -0.2) is 35.4 Å². The molecule has 1 heterocycles. The summed E-state index contributed by atoms with van der Waals surface area (Å²) in [6.45, 7) is 5.33. The van der Waals surface area contributed by atoms with Crippen molar-refractivity contribution in [1.29, 1.82) is 0 Å². The molecule has 0 aliphatic rings. The minimum absolute atomic E-state index is 0.0247. The summed E-state index contributed by atoms with van der Waals surface area (Å²) in [5, 5.41) is 3.95. The van der Waals surface area contributed by atoms with E-state index < -0.39 is 0 Å². The predicted molar refractivity (Wildman–Crippen MR) is 113 cm³/mol. The molecule has 0 atom stereocenters. The summed E-state index contributed by atoms with van der Waals surface area (Å²) in [4.78, 5) is 29.5. The van der Waals surface area contributed by atoms with Crippen molar-refractivity contribution in [2.45, 2.75) is 26.3 Å². The molecule has 0 saturated carbocycles. The number of carbonyl (C=O) groups excluding carboxylic acids is 1. The fraction of sp³-hybridized carbons (Fsp3) is 0.304. The van der Waals surface area contributed by atoms with Crippen LogP contribution in [-0.2, 0) is 17.8 Å². The molecule has 0 bridgehead atoms. The van der Waals surface area contributed by atoms with Gasteiger partial charge >= 0.3 is 0 Å². The van der Waals surface area contributed by atoms with Crippen molar-refractivity contribution in [2.24, 2.45) is 0 Å². The van der Waals surface area contributed by atoms with Gasteiger partial charge in [0.05, 0.1) is 0 Å². The van der Waals surface area contributed by atoms with Crippen molar-refractivity contribution < 1.29 is 4.79 Å². The molecule has 0 spiro atoms. The molecule has 0 aliphatic carbocycles. The third kappa shape index (κ3) is 5.54. The Morgan fingerprint density at radius 3 is 2.61 bits per heavy atom. The van der Waals surface area contributed by atoms with E-state index in [2.05, 4.69) is 34.3 Å². The number of hydrogen-bond acceptors (Lipinski definition) is 3. The number of aryl methyl sites for hydroxylation is 1. The molecule has 2 N–H and O–H groups in total. The highest BCUT2D eigenvalue weighted by Gasteiger charge is 2.08. The number of H-pyrrole nitrogens is 1. The highest BCUT2D eigenvalue weighted by atomic mass is 16.1. The van der Waals surface area contributed by atoms with E-state index in [1.165, 1.54) is 5.56 Å². The first kappa shape index (κ1) is 19.8. The number of benzene rings is 2. The number of amides is 1. The van der Waals surface area contributed by atoms with E-state index in [-0.39, 0.29) is 11.5 Å². The lowest BCUT2D eigenvalue weighted by atomic mass is 10.1. The number of aromatic nitrogens is 1. The van der Waals surface area contributed by atoms with E-state index in [1.807, 2.05) is 48.5 Å². The van der Waals surface area contributed by atoms with Crippen LogP contribution in [0.4, 0.5) is 0 Å². The Bertz CT molecular complexity index is 966. The molecule has 0 fully saturated rings. The number of pyridine rings is 1. The van der Waals surface area contributed by atoms with Gasteiger partial charge in [-0.25, -0.2) is 0 Å². The topological polar surface area (TPSA) is 65.2 Å². The van der Waals surface area contributed by atoms with Gasteiger partial charge in [0.15, 0.2) is 0 Å². The fourth-order valence-electron chi connectivity index (χ4n) is 3.26. The normalized spacial score (nSPS) is 11.1. The van der Waals surface area contributed by atoms with Crippen LogP contribution in [0.15, 0.2) is 65.5 Å². The van der Waals surface area contributed by atoms with Gasteiger partial charge < -0.3 is 10.3 Å². The largest absolute Gasteiger partial charge is 0.355 e. The predicted octanol–water partition coefficient (Wildman–Crippen LogP) is 3.10. The molecular formula is C23H27N3O2. The zero-order chi connectivity index (χ0) is 19.8. The van der Waals surface area contributed by atoms with Gasteiger partial charge in [-0.2, -0.15) is 0 Å². The summed E-state index contributed by atoms with van der Waals surface area (Å²) in [7, 11) is 0. The number of nitrogens with zero attached hydrogens (tertiary/aromatic N) is 1. The average molecular weight is 377 g/mol. The van der Waals surface area contributed by atoms with Gasteiger partial charge in [0.2, 0.25) is 5.91 Å². The minimum atomic E-state index is -0.119. The first-order chi connectivity index (χ1) is 13.7. The molecule has 0 saturated heterocycles.